The van der Waals surface area contributed by atoms with Gasteiger partial charge in [-0.25, -0.2) is 0 Å². The predicted molar refractivity (Wildman–Crippen MR) is 101 cm³/mol. The van der Waals surface area contributed by atoms with Crippen molar-refractivity contribution in [3.8, 4) is 0 Å². The van der Waals surface area contributed by atoms with E-state index in [-0.39, 0.29) is 6.10 Å². The number of hydrogen-bond donors (Lipinski definition) is 0. The van der Waals surface area contributed by atoms with Crippen LogP contribution in [0.2, 0.25) is 0 Å². The topological polar surface area (TPSA) is 73.8 Å². The van der Waals surface area contributed by atoms with Gasteiger partial charge >= 0.3 is 0 Å². The molecule has 0 amide bonds. The van der Waals surface area contributed by atoms with Crippen LogP contribution in [0.4, 0.5) is 0 Å². The lowest BCUT2D eigenvalue weighted by molar-refractivity contribution is -0.0839. The second-order valence-corrected chi connectivity index (χ2v) is 5.95. The zero-order valence-electron chi connectivity index (χ0n) is 16.1. The fourth-order valence-electron chi connectivity index (χ4n) is 1.73. The van der Waals surface area contributed by atoms with Gasteiger partial charge in [-0.05, 0) is 0 Å². The Morgan fingerprint density at radius 3 is 1.46 bits per heavy atom. The van der Waals surface area contributed by atoms with Crippen molar-refractivity contribution in [1.82, 2.24) is 0 Å². The minimum absolute atomic E-state index is 0.152. The molecule has 8 nitrogen and oxygen atoms in total. The van der Waals surface area contributed by atoms with Crippen LogP contribution in [-0.4, -0.2) is 112 Å². The Hall–Kier alpha value is 0.160. The van der Waals surface area contributed by atoms with Gasteiger partial charge in [0.05, 0.1) is 85.9 Å². The van der Waals surface area contributed by atoms with Crippen LogP contribution in [0.3, 0.4) is 0 Å². The molecule has 26 heavy (non-hydrogen) atoms. The third-order valence-electron chi connectivity index (χ3n) is 3.02. The van der Waals surface area contributed by atoms with Crippen molar-refractivity contribution in [3.05, 3.63) is 0 Å². The van der Waals surface area contributed by atoms with Crippen molar-refractivity contribution in [2.45, 2.75) is 6.10 Å². The first-order chi connectivity index (χ1) is 12.8. The highest BCUT2D eigenvalue weighted by atomic mass is 79.9. The molecule has 158 valence electrons. The Kier molecular flexibility index (Phi) is 23.3. The Balaban J connectivity index is 3.75. The molecule has 0 saturated carbocycles. The first-order valence-electron chi connectivity index (χ1n) is 8.89. The highest BCUT2D eigenvalue weighted by Crippen LogP contribution is 1.97. The lowest BCUT2D eigenvalue weighted by Crippen LogP contribution is -2.29. The van der Waals surface area contributed by atoms with E-state index in [0.29, 0.717) is 85.9 Å². The third-order valence-corrected chi connectivity index (χ3v) is 3.34. The van der Waals surface area contributed by atoms with Crippen LogP contribution in [0.15, 0.2) is 0 Å². The monoisotopic (exact) mass is 446 g/mol. The molecule has 0 unspecified atom stereocenters. The second kappa shape index (κ2) is 23.2. The van der Waals surface area contributed by atoms with Gasteiger partial charge in [0.2, 0.25) is 0 Å². The maximum absolute atomic E-state index is 5.77. The van der Waals surface area contributed by atoms with E-state index in [1.165, 1.54) is 0 Å². The molecule has 0 aromatic carbocycles. The zero-order valence-corrected chi connectivity index (χ0v) is 17.7. The summed E-state index contributed by atoms with van der Waals surface area (Å²) < 4.78 is 42.9. The quantitative estimate of drug-likeness (QED) is 0.181. The summed E-state index contributed by atoms with van der Waals surface area (Å²) in [6.07, 6.45) is -0.152. The van der Waals surface area contributed by atoms with Gasteiger partial charge in [-0.1, -0.05) is 15.9 Å². The minimum Gasteiger partial charge on any atom is -0.382 e. The van der Waals surface area contributed by atoms with Crippen molar-refractivity contribution in [1.29, 1.82) is 0 Å². The van der Waals surface area contributed by atoms with E-state index in [1.807, 2.05) is 0 Å². The fourth-order valence-corrected chi connectivity index (χ4v) is 1.96. The Bertz CT molecular complexity index is 243. The smallest absolute Gasteiger partial charge is 0.104 e. The fraction of sp³-hybridized carbons (Fsp3) is 1.00. The molecule has 0 saturated heterocycles. The van der Waals surface area contributed by atoms with Gasteiger partial charge in [0.25, 0.3) is 0 Å². The minimum atomic E-state index is -0.152. The van der Waals surface area contributed by atoms with Crippen LogP contribution in [0.5, 0.6) is 0 Å². The summed E-state index contributed by atoms with van der Waals surface area (Å²) in [5, 5.41) is 0.814. The molecular weight excluding hydrogens is 412 g/mol. The van der Waals surface area contributed by atoms with Crippen molar-refractivity contribution in [2.75, 3.05) is 105 Å². The van der Waals surface area contributed by atoms with E-state index in [1.54, 1.807) is 14.2 Å². The molecule has 0 rings (SSSR count). The molecule has 0 fully saturated rings. The van der Waals surface area contributed by atoms with E-state index in [2.05, 4.69) is 15.9 Å². The number of rotatable bonds is 22. The van der Waals surface area contributed by atoms with Crippen molar-refractivity contribution in [2.24, 2.45) is 0 Å². The Labute approximate surface area is 165 Å². The van der Waals surface area contributed by atoms with E-state index in [0.717, 1.165) is 5.33 Å². The lowest BCUT2D eigenvalue weighted by Gasteiger charge is -2.18. The number of hydrogen-bond acceptors (Lipinski definition) is 8. The largest absolute Gasteiger partial charge is 0.382 e. The van der Waals surface area contributed by atoms with E-state index in [9.17, 15) is 0 Å². The van der Waals surface area contributed by atoms with Crippen LogP contribution in [0.25, 0.3) is 0 Å². The van der Waals surface area contributed by atoms with Gasteiger partial charge in [0.15, 0.2) is 0 Å². The molecule has 0 aliphatic rings. The molecule has 0 bridgehead atoms. The van der Waals surface area contributed by atoms with Crippen LogP contribution in [0.1, 0.15) is 0 Å². The summed E-state index contributed by atoms with van der Waals surface area (Å²) in [5.41, 5.74) is 0. The Morgan fingerprint density at radius 2 is 0.962 bits per heavy atom. The average molecular weight is 447 g/mol. The maximum atomic E-state index is 5.77. The van der Waals surface area contributed by atoms with E-state index in [4.69, 9.17) is 37.9 Å². The van der Waals surface area contributed by atoms with Gasteiger partial charge in [-0.3, -0.25) is 0 Å². The Morgan fingerprint density at radius 1 is 0.538 bits per heavy atom. The molecule has 0 radical (unpaired) electrons. The molecule has 0 aliphatic heterocycles. The van der Waals surface area contributed by atoms with Crippen molar-refractivity contribution >= 4 is 15.9 Å². The summed E-state index contributed by atoms with van der Waals surface area (Å²) in [6, 6.07) is 0. The molecule has 0 heterocycles. The van der Waals surface area contributed by atoms with Crippen LogP contribution < -0.4 is 0 Å². The van der Waals surface area contributed by atoms with Gasteiger partial charge in [-0.15, -0.1) is 0 Å². The van der Waals surface area contributed by atoms with Gasteiger partial charge in [0, 0.05) is 19.5 Å². The molecule has 0 aliphatic carbocycles. The second-order valence-electron chi connectivity index (χ2n) is 5.15. The number of ether oxygens (including phenoxy) is 8. The van der Waals surface area contributed by atoms with Gasteiger partial charge < -0.3 is 37.9 Å². The number of methoxy groups -OCH3 is 2. The SMILES string of the molecule is COCCOCCOCC(COCCOCCOC)OCCOCCBr. The normalized spacial score (nSPS) is 11.5. The summed E-state index contributed by atoms with van der Waals surface area (Å²) in [4.78, 5) is 0. The zero-order chi connectivity index (χ0) is 19.1. The first-order valence-corrected chi connectivity index (χ1v) is 10.0. The predicted octanol–water partition coefficient (Wildman–Crippen LogP) is 1.14. The molecule has 0 spiro atoms. The van der Waals surface area contributed by atoms with Crippen LogP contribution >= 0.6 is 15.9 Å². The maximum Gasteiger partial charge on any atom is 0.104 e. The van der Waals surface area contributed by atoms with Gasteiger partial charge in [-0.2, -0.15) is 0 Å². The first kappa shape index (κ1) is 26.2. The molecule has 0 aromatic rings. The standard InChI is InChI=1S/C17H35BrO8/c1-19-5-7-22-9-11-24-15-17(26-14-13-21-4-3-18)16-25-12-10-23-8-6-20-2/h17H,3-16H2,1-2H3. The molecule has 0 aromatic heterocycles. The highest BCUT2D eigenvalue weighted by molar-refractivity contribution is 9.09. The van der Waals surface area contributed by atoms with Crippen LogP contribution in [0, 0.1) is 0 Å². The molecule has 9 heteroatoms. The van der Waals surface area contributed by atoms with Crippen LogP contribution in [-0.2, 0) is 37.9 Å². The van der Waals surface area contributed by atoms with E-state index < -0.39 is 0 Å². The molecular formula is C17H35BrO8. The van der Waals surface area contributed by atoms with E-state index >= 15 is 0 Å². The molecule has 0 atom stereocenters. The summed E-state index contributed by atoms with van der Waals surface area (Å²) in [5.74, 6) is 0. The highest BCUT2D eigenvalue weighted by Gasteiger charge is 2.10. The van der Waals surface area contributed by atoms with Crippen molar-refractivity contribution in [3.63, 3.8) is 0 Å². The number of alkyl halides is 1. The molecule has 0 N–H and O–H groups in total. The summed E-state index contributed by atoms with van der Waals surface area (Å²) in [7, 11) is 3.29. The average Bonchev–Trinajstić information content (AvgIpc) is 2.65. The van der Waals surface area contributed by atoms with Crippen molar-refractivity contribution < 1.29 is 37.9 Å². The van der Waals surface area contributed by atoms with Gasteiger partial charge in [0.1, 0.15) is 6.10 Å². The summed E-state index contributed by atoms with van der Waals surface area (Å²) in [6.45, 7) is 6.95. The third kappa shape index (κ3) is 20.5. The lowest BCUT2D eigenvalue weighted by atomic mass is 10.4. The summed E-state index contributed by atoms with van der Waals surface area (Å²) >= 11 is 3.31. The number of halogens is 1.